The molecule has 1 amide bonds. The molecule has 0 aliphatic carbocycles. The fourth-order valence-electron chi connectivity index (χ4n) is 1.52. The van der Waals surface area contributed by atoms with Gasteiger partial charge < -0.3 is 15.9 Å². The molecule has 0 spiro atoms. The molecule has 0 aromatic rings. The third-order valence-electron chi connectivity index (χ3n) is 1.97. The van der Waals surface area contributed by atoms with E-state index in [0.717, 1.165) is 6.42 Å². The maximum Gasteiger partial charge on any atom is 1.00 e. The summed E-state index contributed by atoms with van der Waals surface area (Å²) in [6, 6.07) is 0. The molecule has 0 aromatic carbocycles. The molecule has 0 fully saturated rings. The first-order chi connectivity index (χ1) is 7.80. The van der Waals surface area contributed by atoms with Crippen LogP contribution in [0.15, 0.2) is 0 Å². The van der Waals surface area contributed by atoms with Gasteiger partial charge in [-0.1, -0.05) is 13.3 Å². The first-order valence-electron chi connectivity index (χ1n) is 5.07. The average Bonchev–Trinajstić information content (AvgIpc) is 1.95. The van der Waals surface area contributed by atoms with Crippen molar-refractivity contribution in [2.45, 2.75) is 39.4 Å². The number of primary amides is 1. The Morgan fingerprint density at radius 2 is 1.68 bits per heavy atom. The van der Waals surface area contributed by atoms with Crippen LogP contribution in [-0.2, 0) is 15.2 Å². The predicted molar refractivity (Wildman–Crippen MR) is 63.5 cm³/mol. The molecular weight excluding hydrogens is 289 g/mol. The Balaban J connectivity index is -0.000000366. The maximum atomic E-state index is 10.9. The van der Waals surface area contributed by atoms with E-state index in [4.69, 9.17) is 23.3 Å². The predicted octanol–water partition coefficient (Wildman–Crippen LogP) is -3.47. The summed E-state index contributed by atoms with van der Waals surface area (Å²) in [4.78, 5) is 10.9. The fourth-order valence-corrected chi connectivity index (χ4v) is 1.52. The monoisotopic (exact) mass is 309 g/mol. The zero-order chi connectivity index (χ0) is 15.1. The van der Waals surface area contributed by atoms with Crippen LogP contribution >= 0.6 is 0 Å². The minimum absolute atomic E-state index is 0. The van der Waals surface area contributed by atoms with Crippen molar-refractivity contribution >= 4 is 16.3 Å². The van der Waals surface area contributed by atoms with Gasteiger partial charge in [0.1, 0.15) is 5.79 Å². The summed E-state index contributed by atoms with van der Waals surface area (Å²) in [5, 5.41) is 18.6. The van der Waals surface area contributed by atoms with Crippen molar-refractivity contribution in [2.24, 2.45) is 11.7 Å². The molecule has 0 aliphatic heterocycles. The second-order valence-electron chi connectivity index (χ2n) is 3.97. The smallest absolute Gasteiger partial charge is 0.372 e. The van der Waals surface area contributed by atoms with Crippen molar-refractivity contribution in [3.05, 3.63) is 5.92 Å². The average molecular weight is 309 g/mol. The van der Waals surface area contributed by atoms with Gasteiger partial charge in [0.25, 0.3) is 0 Å². The van der Waals surface area contributed by atoms with Crippen molar-refractivity contribution in [1.29, 1.82) is 0 Å². The summed E-state index contributed by atoms with van der Waals surface area (Å²) in [7, 11) is -4.67. The first-order valence-corrected chi connectivity index (χ1v) is 6.46. The summed E-state index contributed by atoms with van der Waals surface area (Å²) in [5.74, 6) is -3.01. The van der Waals surface area contributed by atoms with Crippen LogP contribution in [0, 0.1) is 11.8 Å². The molecule has 0 saturated carbocycles. The molecule has 19 heavy (non-hydrogen) atoms. The van der Waals surface area contributed by atoms with E-state index in [1.54, 1.807) is 6.92 Å². The van der Waals surface area contributed by atoms with Crippen LogP contribution < -0.4 is 35.3 Å². The van der Waals surface area contributed by atoms with Gasteiger partial charge >= 0.3 is 40.0 Å². The molecule has 0 aliphatic rings. The summed E-state index contributed by atoms with van der Waals surface area (Å²) in [5.41, 5.74) is 5.07. The van der Waals surface area contributed by atoms with E-state index in [2.05, 4.69) is 0 Å². The van der Waals surface area contributed by atoms with Crippen LogP contribution in [-0.4, -0.2) is 39.4 Å². The van der Waals surface area contributed by atoms with E-state index in [1.807, 2.05) is 6.92 Å². The topological polar surface area (TPSA) is 158 Å². The second-order valence-corrected chi connectivity index (χ2v) is 4.87. The zero-order valence-corrected chi connectivity index (χ0v) is 14.3. The number of nitrogens with two attached hydrogens (primary N) is 1. The van der Waals surface area contributed by atoms with E-state index in [9.17, 15) is 15.0 Å². The van der Waals surface area contributed by atoms with E-state index in [-0.39, 0.29) is 29.6 Å². The third-order valence-corrected chi connectivity index (χ3v) is 1.97. The van der Waals surface area contributed by atoms with E-state index in [0.29, 0.717) is 12.3 Å². The first kappa shape index (κ1) is 24.3. The van der Waals surface area contributed by atoms with Crippen LogP contribution in [0.5, 0.6) is 0 Å². The van der Waals surface area contributed by atoms with Crippen molar-refractivity contribution in [1.82, 2.24) is 0 Å². The maximum absolute atomic E-state index is 10.9. The molecule has 1 atom stereocenters. The van der Waals surface area contributed by atoms with Gasteiger partial charge in [-0.15, -0.1) is 0 Å². The van der Waals surface area contributed by atoms with E-state index >= 15 is 0 Å². The Morgan fingerprint density at radius 3 is 1.84 bits per heavy atom. The Hall–Kier alpha value is 0.260. The summed E-state index contributed by atoms with van der Waals surface area (Å²) in [6.07, 6.45) is 1.52. The van der Waals surface area contributed by atoms with Crippen LogP contribution in [0.4, 0.5) is 0 Å². The van der Waals surface area contributed by atoms with Gasteiger partial charge in [0.05, 0.1) is 0 Å². The Bertz CT molecular complexity index is 344. The van der Waals surface area contributed by atoms with Gasteiger partial charge in [0, 0.05) is 0 Å². The molecule has 0 rings (SSSR count). The summed E-state index contributed by atoms with van der Waals surface area (Å²) >= 11 is 0. The van der Waals surface area contributed by atoms with Gasteiger partial charge in [-0.3, -0.25) is 19.8 Å². The van der Waals surface area contributed by atoms with Crippen LogP contribution in [0.2, 0.25) is 0 Å². The van der Waals surface area contributed by atoms with E-state index < -0.39 is 28.0 Å². The molecule has 0 radical (unpaired) electrons. The largest absolute Gasteiger partial charge is 1.00 e. The molecule has 0 heterocycles. The van der Waals surface area contributed by atoms with Crippen LogP contribution in [0.25, 0.3) is 0 Å². The Labute approximate surface area is 135 Å². The van der Waals surface area contributed by atoms with Crippen molar-refractivity contribution in [3.63, 3.8) is 0 Å². The minimum Gasteiger partial charge on any atom is -0.372 e. The van der Waals surface area contributed by atoms with Gasteiger partial charge in [-0.05, 0) is 12.8 Å². The number of carbonyl (C=O) groups is 1. The molecule has 110 valence electrons. The molecule has 10 heteroatoms. The SMILES string of the molecule is CCC[C-](C)C(C(N)=O)C(C)(O)O.O=S(=O)(O)O.[Na+]. The molecule has 1 unspecified atom stereocenters. The summed E-state index contributed by atoms with van der Waals surface area (Å²) < 4.78 is 31.6. The fraction of sp³-hybridized carbons (Fsp3) is 0.778. The van der Waals surface area contributed by atoms with Gasteiger partial charge in [-0.2, -0.15) is 21.8 Å². The van der Waals surface area contributed by atoms with Gasteiger partial charge in [0.15, 0.2) is 5.91 Å². The van der Waals surface area contributed by atoms with Gasteiger partial charge in [-0.25, -0.2) is 0 Å². The molecule has 0 saturated heterocycles. The number of rotatable bonds is 5. The second kappa shape index (κ2) is 10.1. The minimum atomic E-state index is -4.67. The van der Waals surface area contributed by atoms with Crippen LogP contribution in [0.1, 0.15) is 33.6 Å². The molecule has 6 N–H and O–H groups in total. The molecular formula is C9H20NNaO7S. The van der Waals surface area contributed by atoms with Gasteiger partial charge in [0.2, 0.25) is 0 Å². The van der Waals surface area contributed by atoms with E-state index in [1.165, 1.54) is 6.92 Å². The Kier molecular flexibility index (Phi) is 12.9. The zero-order valence-electron chi connectivity index (χ0n) is 11.5. The summed E-state index contributed by atoms with van der Waals surface area (Å²) in [6.45, 7) is 4.83. The standard InChI is InChI=1S/C9H18NO3.Na.H2O4S/c1-4-5-6(2)7(8(10)11)9(3,12)13;;1-5(2,3)4/h7,12-13H,4-5H2,1-3H3,(H2,10,11);;(H2,1,2,3,4)/q-1;+1;. The number of hydrogen-bond acceptors (Lipinski definition) is 5. The molecule has 0 bridgehead atoms. The van der Waals surface area contributed by atoms with Crippen molar-refractivity contribution in [2.75, 3.05) is 0 Å². The number of carbonyl (C=O) groups excluding carboxylic acids is 1. The Morgan fingerprint density at radius 1 is 1.37 bits per heavy atom. The third kappa shape index (κ3) is 16.2. The number of hydrogen-bond donors (Lipinski definition) is 5. The van der Waals surface area contributed by atoms with Crippen molar-refractivity contribution < 1.29 is 62.1 Å². The molecule has 0 aromatic heterocycles. The quantitative estimate of drug-likeness (QED) is 0.153. The normalized spacial score (nSPS) is 13.1. The number of amides is 1. The van der Waals surface area contributed by atoms with Crippen molar-refractivity contribution in [3.8, 4) is 0 Å². The van der Waals surface area contributed by atoms with Crippen LogP contribution in [0.3, 0.4) is 0 Å². The number of aliphatic hydroxyl groups is 2. The molecule has 8 nitrogen and oxygen atoms in total.